The number of sulfonamides is 1. The van der Waals surface area contributed by atoms with E-state index in [4.69, 9.17) is 0 Å². The van der Waals surface area contributed by atoms with Crippen LogP contribution < -0.4 is 10.9 Å². The number of nitrogens with zero attached hydrogens (tertiary/aromatic N) is 6. The van der Waals surface area contributed by atoms with Crippen LogP contribution >= 0.6 is 0 Å². The molecule has 2 aliphatic carbocycles. The van der Waals surface area contributed by atoms with Crippen molar-refractivity contribution < 1.29 is 17.2 Å². The fourth-order valence-corrected chi connectivity index (χ4v) is 7.56. The Kier molecular flexibility index (Phi) is 5.82. The first-order chi connectivity index (χ1) is 17.6. The highest BCUT2D eigenvalue weighted by atomic mass is 32.2. The van der Waals surface area contributed by atoms with Gasteiger partial charge in [0.15, 0.2) is 5.03 Å². The highest BCUT2D eigenvalue weighted by molar-refractivity contribution is 7.89. The average Bonchev–Trinajstić information content (AvgIpc) is 3.23. The van der Waals surface area contributed by atoms with Crippen molar-refractivity contribution in [1.82, 2.24) is 28.6 Å². The van der Waals surface area contributed by atoms with Crippen LogP contribution in [0.1, 0.15) is 50.6 Å². The van der Waals surface area contributed by atoms with Gasteiger partial charge in [0.25, 0.3) is 22.0 Å². The Hall–Kier alpha value is -2.93. The summed E-state index contributed by atoms with van der Waals surface area (Å²) in [6.45, 7) is 2.82. The summed E-state index contributed by atoms with van der Waals surface area (Å²) >= 11 is 0. The third kappa shape index (κ3) is 4.21. The minimum Gasteiger partial charge on any atom is -0.351 e. The molecule has 3 fully saturated rings. The molecule has 1 aliphatic heterocycles. The molecule has 37 heavy (non-hydrogen) atoms. The van der Waals surface area contributed by atoms with Crippen LogP contribution in [0.4, 0.5) is 14.7 Å². The Morgan fingerprint density at radius 1 is 1.16 bits per heavy atom. The summed E-state index contributed by atoms with van der Waals surface area (Å²) in [6.07, 6.45) is 2.86. The van der Waals surface area contributed by atoms with Crippen molar-refractivity contribution in [3.63, 3.8) is 0 Å². The minimum atomic E-state index is -3.66. The summed E-state index contributed by atoms with van der Waals surface area (Å²) in [5, 5.41) is 7.72. The van der Waals surface area contributed by atoms with Crippen LogP contribution in [0, 0.1) is 17.8 Å². The number of piperidine rings is 1. The molecule has 1 N–H and O–H groups in total. The lowest BCUT2D eigenvalue weighted by Crippen LogP contribution is -2.42. The van der Waals surface area contributed by atoms with E-state index in [-0.39, 0.29) is 17.1 Å². The molecule has 0 spiro atoms. The van der Waals surface area contributed by atoms with E-state index in [1.165, 1.54) is 31.9 Å². The van der Waals surface area contributed by atoms with Gasteiger partial charge < -0.3 is 5.32 Å². The Balaban J connectivity index is 1.23. The van der Waals surface area contributed by atoms with Gasteiger partial charge in [0.2, 0.25) is 5.95 Å². The predicted molar refractivity (Wildman–Crippen MR) is 132 cm³/mol. The second-order valence-electron chi connectivity index (χ2n) is 10.5. The van der Waals surface area contributed by atoms with Crippen LogP contribution in [-0.2, 0) is 17.1 Å². The van der Waals surface area contributed by atoms with Gasteiger partial charge >= 0.3 is 0 Å². The maximum absolute atomic E-state index is 13.7. The van der Waals surface area contributed by atoms with E-state index in [1.807, 2.05) is 0 Å². The molecule has 6 rings (SSSR count). The standard InChI is InChI=1S/C24H29F2N7O3S/c1-13-17-10-16(11-18(13)17)33-22-14(9-19(21(25)26)23(33)34)12-27-24(29-22)28-15-3-7-32(8-4-15)37(35,36)20-5-6-31(2)30-20/h5-6,9,12-13,15-18,21H,3-4,7-8,10-11H2,1-2H3,(H,27,28,29)/t13?,16?,17-,18+. The lowest BCUT2D eigenvalue weighted by molar-refractivity contribution is 0.149. The van der Waals surface area contributed by atoms with Crippen molar-refractivity contribution >= 4 is 27.0 Å². The highest BCUT2D eigenvalue weighted by Gasteiger charge is 2.54. The molecule has 4 heterocycles. The number of alkyl halides is 2. The molecule has 0 aromatic carbocycles. The zero-order valence-corrected chi connectivity index (χ0v) is 21.4. The fraction of sp³-hybridized carbons (Fsp3) is 0.583. The molecule has 0 radical (unpaired) electrons. The van der Waals surface area contributed by atoms with Crippen molar-refractivity contribution in [3.8, 4) is 0 Å². The van der Waals surface area contributed by atoms with E-state index in [9.17, 15) is 22.0 Å². The van der Waals surface area contributed by atoms with Crippen LogP contribution in [-0.4, -0.2) is 56.2 Å². The first-order valence-electron chi connectivity index (χ1n) is 12.6. The van der Waals surface area contributed by atoms with Crippen LogP contribution in [0.2, 0.25) is 0 Å². The highest BCUT2D eigenvalue weighted by Crippen LogP contribution is 2.60. The van der Waals surface area contributed by atoms with E-state index in [2.05, 4.69) is 27.3 Å². The van der Waals surface area contributed by atoms with Gasteiger partial charge in [0.05, 0.1) is 5.56 Å². The summed E-state index contributed by atoms with van der Waals surface area (Å²) in [5.74, 6) is 1.99. The lowest BCUT2D eigenvalue weighted by atomic mass is 10.1. The van der Waals surface area contributed by atoms with Gasteiger partial charge in [0.1, 0.15) is 5.65 Å². The second-order valence-corrected chi connectivity index (χ2v) is 12.4. The maximum Gasteiger partial charge on any atom is 0.269 e. The van der Waals surface area contributed by atoms with Gasteiger partial charge in [-0.25, -0.2) is 22.2 Å². The zero-order chi connectivity index (χ0) is 26.1. The van der Waals surface area contributed by atoms with Crippen molar-refractivity contribution in [2.45, 2.75) is 56.1 Å². The molecule has 13 heteroatoms. The Morgan fingerprint density at radius 3 is 2.49 bits per heavy atom. The predicted octanol–water partition coefficient (Wildman–Crippen LogP) is 2.94. The van der Waals surface area contributed by atoms with E-state index in [0.717, 1.165) is 12.8 Å². The van der Waals surface area contributed by atoms with Crippen molar-refractivity contribution in [2.24, 2.45) is 24.8 Å². The number of aromatic nitrogens is 5. The van der Waals surface area contributed by atoms with Crippen molar-refractivity contribution in [2.75, 3.05) is 18.4 Å². The smallest absolute Gasteiger partial charge is 0.269 e. The van der Waals surface area contributed by atoms with E-state index < -0.39 is 27.6 Å². The molecule has 0 bridgehead atoms. The maximum atomic E-state index is 13.7. The van der Waals surface area contributed by atoms with Gasteiger partial charge in [-0.3, -0.25) is 14.0 Å². The monoisotopic (exact) mass is 533 g/mol. The number of nitrogens with one attached hydrogen (secondary N) is 1. The van der Waals surface area contributed by atoms with Gasteiger partial charge in [-0.05, 0) is 55.6 Å². The Bertz CT molecular complexity index is 1500. The topological polar surface area (TPSA) is 115 Å². The molecular formula is C24H29F2N7O3S. The van der Waals surface area contributed by atoms with Gasteiger partial charge in [-0.15, -0.1) is 0 Å². The van der Waals surface area contributed by atoms with Crippen LogP contribution in [0.3, 0.4) is 0 Å². The SMILES string of the molecule is CC1[C@H]2CC(n3c(=O)c(C(F)F)cc4cnc(NC5CCN(S(=O)(=O)c6ccn(C)n6)CC5)nc43)C[C@@H]12. The molecular weight excluding hydrogens is 504 g/mol. The number of aryl methyl sites for hydroxylation is 1. The lowest BCUT2D eigenvalue weighted by Gasteiger charge is -2.31. The number of fused-ring (bicyclic) bond motifs is 2. The molecule has 4 atom stereocenters. The molecule has 2 unspecified atom stereocenters. The molecule has 3 aromatic heterocycles. The van der Waals surface area contributed by atoms with Gasteiger partial charge in [0, 0.05) is 50.0 Å². The number of halogens is 2. The largest absolute Gasteiger partial charge is 0.351 e. The van der Waals surface area contributed by atoms with E-state index >= 15 is 0 Å². The number of anilines is 1. The fourth-order valence-electron chi connectivity index (χ4n) is 6.14. The third-order valence-electron chi connectivity index (χ3n) is 8.33. The molecule has 2 saturated carbocycles. The van der Waals surface area contributed by atoms with Crippen LogP contribution in [0.25, 0.3) is 11.0 Å². The molecule has 10 nitrogen and oxygen atoms in total. The molecule has 3 aliphatic rings. The first-order valence-corrected chi connectivity index (χ1v) is 14.0. The first kappa shape index (κ1) is 24.4. The number of hydrogen-bond donors (Lipinski definition) is 1. The van der Waals surface area contributed by atoms with Crippen LogP contribution in [0.5, 0.6) is 0 Å². The summed E-state index contributed by atoms with van der Waals surface area (Å²) in [7, 11) is -1.99. The van der Waals surface area contributed by atoms with Crippen molar-refractivity contribution in [3.05, 3.63) is 40.4 Å². The van der Waals surface area contributed by atoms with Gasteiger partial charge in [-0.1, -0.05) is 6.92 Å². The number of rotatable bonds is 6. The Morgan fingerprint density at radius 2 is 1.86 bits per heavy atom. The molecule has 3 aromatic rings. The molecule has 0 amide bonds. The Labute approximate surface area is 212 Å². The van der Waals surface area contributed by atoms with E-state index in [1.54, 1.807) is 13.2 Å². The van der Waals surface area contributed by atoms with Crippen LogP contribution in [0.15, 0.2) is 34.3 Å². The quantitative estimate of drug-likeness (QED) is 0.518. The summed E-state index contributed by atoms with van der Waals surface area (Å²) in [4.78, 5) is 22.0. The second kappa shape index (κ2) is 8.83. The summed E-state index contributed by atoms with van der Waals surface area (Å²) in [6, 6.07) is 2.45. The molecule has 198 valence electrons. The van der Waals surface area contributed by atoms with E-state index in [0.29, 0.717) is 60.7 Å². The van der Waals surface area contributed by atoms with Gasteiger partial charge in [-0.2, -0.15) is 14.4 Å². The summed E-state index contributed by atoms with van der Waals surface area (Å²) in [5.41, 5.74) is -0.841. The average molecular weight is 534 g/mol. The third-order valence-corrected chi connectivity index (χ3v) is 10.1. The normalized spacial score (nSPS) is 26.6. The number of pyridine rings is 1. The number of hydrogen-bond acceptors (Lipinski definition) is 7. The zero-order valence-electron chi connectivity index (χ0n) is 20.6. The minimum absolute atomic E-state index is 0.0272. The van der Waals surface area contributed by atoms with Crippen molar-refractivity contribution in [1.29, 1.82) is 0 Å². The molecule has 1 saturated heterocycles. The summed E-state index contributed by atoms with van der Waals surface area (Å²) < 4.78 is 57.4.